The summed E-state index contributed by atoms with van der Waals surface area (Å²) in [6, 6.07) is 4.30. The van der Waals surface area contributed by atoms with Crippen molar-refractivity contribution in [2.75, 3.05) is 14.1 Å². The van der Waals surface area contributed by atoms with Crippen LogP contribution in [0, 0.1) is 0 Å². The quantitative estimate of drug-likeness (QED) is 0.615. The average Bonchev–Trinajstić information content (AvgIpc) is 2.39. The van der Waals surface area contributed by atoms with Gasteiger partial charge in [-0.3, -0.25) is 9.59 Å². The highest BCUT2D eigenvalue weighted by molar-refractivity contribution is 7.56. The fraction of sp³-hybridized carbons (Fsp3) is 0.273. The average molecular weight is 337 g/mol. The molecule has 9 heteroatoms. The lowest BCUT2D eigenvalue weighted by Gasteiger charge is -2.37. The highest BCUT2D eigenvalue weighted by atomic mass is 35.5. The molecule has 1 aliphatic rings. The molecule has 0 atom stereocenters. The van der Waals surface area contributed by atoms with Gasteiger partial charge in [-0.15, -0.1) is 0 Å². The van der Waals surface area contributed by atoms with Gasteiger partial charge < -0.3 is 4.52 Å². The second-order valence-corrected chi connectivity index (χ2v) is 7.35. The van der Waals surface area contributed by atoms with Gasteiger partial charge in [0.2, 0.25) is 11.8 Å². The SMILES string of the molecule is CN1C(=O)CC(=O)N(C)P1(=O)Oc1ccc(Cl)c(Cl)c1. The fourth-order valence-corrected chi connectivity index (χ4v) is 3.66. The van der Waals surface area contributed by atoms with Gasteiger partial charge in [0.15, 0.2) is 0 Å². The summed E-state index contributed by atoms with van der Waals surface area (Å²) in [5.74, 6) is -0.961. The topological polar surface area (TPSA) is 66.9 Å². The minimum atomic E-state index is -3.80. The predicted octanol–water partition coefficient (Wildman–Crippen LogP) is 2.80. The van der Waals surface area contributed by atoms with Gasteiger partial charge in [0.1, 0.15) is 12.2 Å². The zero-order valence-electron chi connectivity index (χ0n) is 10.7. The van der Waals surface area contributed by atoms with Gasteiger partial charge in [-0.05, 0) is 12.1 Å². The number of hydrogen-bond donors (Lipinski definition) is 0. The number of carbonyl (C=O) groups is 2. The normalized spacial score (nSPS) is 18.4. The largest absolute Gasteiger partial charge is 0.453 e. The first-order valence-electron chi connectivity index (χ1n) is 5.54. The lowest BCUT2D eigenvalue weighted by Crippen LogP contribution is -2.44. The standard InChI is InChI=1S/C11H11Cl2N2O4P/c1-14-10(16)6-11(17)15(2)20(14,18)19-7-3-4-8(12)9(13)5-7/h3-5H,6H2,1-2H3. The van der Waals surface area contributed by atoms with E-state index in [4.69, 9.17) is 27.7 Å². The molecule has 0 unspecified atom stereocenters. The van der Waals surface area contributed by atoms with Crippen LogP contribution in [-0.2, 0) is 14.2 Å². The Labute approximate surface area is 125 Å². The number of nitrogens with zero attached hydrogens (tertiary/aromatic N) is 2. The van der Waals surface area contributed by atoms with E-state index in [1.807, 2.05) is 0 Å². The maximum Gasteiger partial charge on any atom is 0.453 e. The number of benzene rings is 1. The second kappa shape index (κ2) is 5.28. The van der Waals surface area contributed by atoms with Gasteiger partial charge in [0.25, 0.3) is 0 Å². The van der Waals surface area contributed by atoms with Crippen LogP contribution in [-0.4, -0.2) is 35.3 Å². The van der Waals surface area contributed by atoms with Crippen LogP contribution in [0.4, 0.5) is 0 Å². The highest BCUT2D eigenvalue weighted by Gasteiger charge is 2.47. The second-order valence-electron chi connectivity index (χ2n) is 4.17. The van der Waals surface area contributed by atoms with Gasteiger partial charge in [-0.2, -0.15) is 0 Å². The van der Waals surface area contributed by atoms with Gasteiger partial charge in [0.05, 0.1) is 10.0 Å². The molecule has 1 aromatic rings. The number of halogens is 2. The molecule has 108 valence electrons. The molecule has 0 radical (unpaired) electrons. The molecule has 6 nitrogen and oxygen atoms in total. The van der Waals surface area contributed by atoms with E-state index < -0.39 is 19.5 Å². The Morgan fingerprint density at radius 3 is 2.15 bits per heavy atom. The maximum atomic E-state index is 12.8. The highest BCUT2D eigenvalue weighted by Crippen LogP contribution is 2.55. The van der Waals surface area contributed by atoms with E-state index in [0.717, 1.165) is 9.34 Å². The van der Waals surface area contributed by atoms with Crippen molar-refractivity contribution in [3.8, 4) is 5.75 Å². The van der Waals surface area contributed by atoms with Crippen LogP contribution >= 0.6 is 30.9 Å². The molecule has 0 aromatic heterocycles. The number of rotatable bonds is 2. The van der Waals surface area contributed by atoms with E-state index in [0.29, 0.717) is 5.02 Å². The number of hydrogen-bond acceptors (Lipinski definition) is 4. The Morgan fingerprint density at radius 2 is 1.65 bits per heavy atom. The molecule has 2 rings (SSSR count). The van der Waals surface area contributed by atoms with Crippen LogP contribution in [0.5, 0.6) is 5.75 Å². The van der Waals surface area contributed by atoms with Crippen molar-refractivity contribution in [3.63, 3.8) is 0 Å². The fourth-order valence-electron chi connectivity index (χ4n) is 1.63. The van der Waals surface area contributed by atoms with E-state index in [2.05, 4.69) is 0 Å². The van der Waals surface area contributed by atoms with Crippen LogP contribution in [0.25, 0.3) is 0 Å². The maximum absolute atomic E-state index is 12.8. The van der Waals surface area contributed by atoms with Crippen LogP contribution in [0.2, 0.25) is 10.0 Å². The van der Waals surface area contributed by atoms with E-state index >= 15 is 0 Å². The van der Waals surface area contributed by atoms with E-state index in [1.165, 1.54) is 32.3 Å². The zero-order chi connectivity index (χ0) is 15.1. The van der Waals surface area contributed by atoms with Crippen molar-refractivity contribution in [2.45, 2.75) is 6.42 Å². The monoisotopic (exact) mass is 336 g/mol. The molecule has 0 N–H and O–H groups in total. The first-order chi connectivity index (χ1) is 9.25. The summed E-state index contributed by atoms with van der Waals surface area (Å²) in [7, 11) is -1.15. The third-order valence-electron chi connectivity index (χ3n) is 2.90. The summed E-state index contributed by atoms with van der Waals surface area (Å²) in [6.07, 6.45) is -0.332. The predicted molar refractivity (Wildman–Crippen MR) is 74.9 cm³/mol. The van der Waals surface area contributed by atoms with Crippen molar-refractivity contribution < 1.29 is 18.7 Å². The Morgan fingerprint density at radius 1 is 1.10 bits per heavy atom. The molecule has 0 bridgehead atoms. The molecule has 1 heterocycles. The van der Waals surface area contributed by atoms with Crippen molar-refractivity contribution >= 4 is 42.7 Å². The zero-order valence-corrected chi connectivity index (χ0v) is 13.1. The van der Waals surface area contributed by atoms with Crippen LogP contribution in [0.15, 0.2) is 18.2 Å². The van der Waals surface area contributed by atoms with Gasteiger partial charge in [-0.25, -0.2) is 13.9 Å². The van der Waals surface area contributed by atoms with E-state index in [1.54, 1.807) is 0 Å². The van der Waals surface area contributed by atoms with E-state index in [-0.39, 0.29) is 17.2 Å². The van der Waals surface area contributed by atoms with Gasteiger partial charge in [0, 0.05) is 20.2 Å². The first kappa shape index (κ1) is 15.2. The van der Waals surface area contributed by atoms with Crippen molar-refractivity contribution in [1.29, 1.82) is 0 Å². The number of carbonyl (C=O) groups excluding carboxylic acids is 2. The molecular formula is C11H11Cl2N2O4P. The summed E-state index contributed by atoms with van der Waals surface area (Å²) in [5, 5.41) is 0.533. The Kier molecular flexibility index (Phi) is 4.00. The molecule has 2 amide bonds. The Bertz CT molecular complexity index is 613. The molecule has 1 saturated heterocycles. The van der Waals surface area contributed by atoms with Crippen LogP contribution in [0.3, 0.4) is 0 Å². The molecule has 1 fully saturated rings. The third-order valence-corrected chi connectivity index (χ3v) is 6.05. The minimum Gasteiger partial charge on any atom is -0.414 e. The first-order valence-corrected chi connectivity index (χ1v) is 7.83. The molecule has 1 aliphatic heterocycles. The van der Waals surface area contributed by atoms with Gasteiger partial charge in [-0.1, -0.05) is 23.2 Å². The minimum absolute atomic E-state index is 0.156. The lowest BCUT2D eigenvalue weighted by atomic mass is 10.3. The Hall–Kier alpha value is -1.23. The Balaban J connectivity index is 2.37. The third kappa shape index (κ3) is 2.51. The van der Waals surface area contributed by atoms with Crippen LogP contribution in [0.1, 0.15) is 6.42 Å². The summed E-state index contributed by atoms with van der Waals surface area (Å²) >= 11 is 11.6. The summed E-state index contributed by atoms with van der Waals surface area (Å²) in [4.78, 5) is 23.3. The van der Waals surface area contributed by atoms with Crippen molar-refractivity contribution in [3.05, 3.63) is 28.2 Å². The van der Waals surface area contributed by atoms with Crippen molar-refractivity contribution in [1.82, 2.24) is 9.34 Å². The van der Waals surface area contributed by atoms with E-state index in [9.17, 15) is 14.2 Å². The van der Waals surface area contributed by atoms with Crippen LogP contribution < -0.4 is 4.52 Å². The lowest BCUT2D eigenvalue weighted by molar-refractivity contribution is -0.138. The molecule has 20 heavy (non-hydrogen) atoms. The number of amides is 2. The summed E-state index contributed by atoms with van der Waals surface area (Å²) in [6.45, 7) is 0. The molecule has 0 aliphatic carbocycles. The summed E-state index contributed by atoms with van der Waals surface area (Å²) in [5.41, 5.74) is 0. The van der Waals surface area contributed by atoms with Crippen molar-refractivity contribution in [2.24, 2.45) is 0 Å². The molecule has 0 spiro atoms. The summed E-state index contributed by atoms with van der Waals surface area (Å²) < 4.78 is 20.0. The molecule has 1 aromatic carbocycles. The molecular weight excluding hydrogens is 326 g/mol. The van der Waals surface area contributed by atoms with Gasteiger partial charge >= 0.3 is 7.67 Å². The molecule has 0 saturated carbocycles. The smallest absolute Gasteiger partial charge is 0.414 e.